The number of benzene rings is 2. The molecule has 4 heteroatoms. The highest BCUT2D eigenvalue weighted by Crippen LogP contribution is 2.70. The lowest BCUT2D eigenvalue weighted by Crippen LogP contribution is -2.35. The van der Waals surface area contributed by atoms with Crippen LogP contribution in [-0.2, 0) is 10.0 Å². The van der Waals surface area contributed by atoms with E-state index in [-0.39, 0.29) is 11.5 Å². The summed E-state index contributed by atoms with van der Waals surface area (Å²) in [4.78, 5) is 0.383. The average Bonchev–Trinajstić information content (AvgIpc) is 3.20. The maximum atomic E-state index is 13.3. The number of rotatable bonds is 5. The second kappa shape index (κ2) is 5.82. The van der Waals surface area contributed by atoms with E-state index in [1.807, 2.05) is 55.5 Å². The standard InChI is InChI=1S/C21H23NO2S/c1-3-13-21-14-18(21)15-22(20(21)17-7-5-4-6-8-17)25(23,24)19-11-9-16(2)10-12-19/h3-12,18,20H,1,13-15H2,2H3/t18-,20+,21-/m0/s1. The van der Waals surface area contributed by atoms with Crippen LogP contribution in [0.3, 0.4) is 0 Å². The fourth-order valence-electron chi connectivity index (χ4n) is 4.44. The van der Waals surface area contributed by atoms with E-state index in [1.54, 1.807) is 16.4 Å². The minimum atomic E-state index is -3.51. The Bertz CT molecular complexity index is 889. The van der Waals surface area contributed by atoms with Crippen LogP contribution in [0.5, 0.6) is 0 Å². The van der Waals surface area contributed by atoms with Crippen LogP contribution in [0.2, 0.25) is 0 Å². The molecule has 2 fully saturated rings. The zero-order chi connectivity index (χ0) is 17.7. The highest BCUT2D eigenvalue weighted by molar-refractivity contribution is 7.89. The third-order valence-electron chi connectivity index (χ3n) is 5.78. The van der Waals surface area contributed by atoms with E-state index in [0.29, 0.717) is 17.4 Å². The van der Waals surface area contributed by atoms with E-state index in [4.69, 9.17) is 0 Å². The number of piperidine rings is 1. The Balaban J connectivity index is 1.78. The van der Waals surface area contributed by atoms with Gasteiger partial charge in [0.05, 0.1) is 10.9 Å². The maximum Gasteiger partial charge on any atom is 0.243 e. The molecule has 3 atom stereocenters. The van der Waals surface area contributed by atoms with E-state index in [0.717, 1.165) is 24.0 Å². The van der Waals surface area contributed by atoms with Crippen molar-refractivity contribution in [2.75, 3.05) is 6.54 Å². The zero-order valence-corrected chi connectivity index (χ0v) is 15.2. The number of sulfonamides is 1. The van der Waals surface area contributed by atoms with Gasteiger partial charge in [0, 0.05) is 6.54 Å². The average molecular weight is 353 g/mol. The van der Waals surface area contributed by atoms with Crippen molar-refractivity contribution < 1.29 is 8.42 Å². The summed E-state index contributed by atoms with van der Waals surface area (Å²) in [6, 6.07) is 17.1. The molecule has 130 valence electrons. The first-order chi connectivity index (χ1) is 12.0. The summed E-state index contributed by atoms with van der Waals surface area (Å²) in [6.07, 6.45) is 3.88. The Kier molecular flexibility index (Phi) is 3.85. The van der Waals surface area contributed by atoms with Gasteiger partial charge < -0.3 is 0 Å². The molecule has 0 amide bonds. The quantitative estimate of drug-likeness (QED) is 0.751. The topological polar surface area (TPSA) is 37.4 Å². The van der Waals surface area contributed by atoms with Gasteiger partial charge in [-0.1, -0.05) is 54.1 Å². The Morgan fingerprint density at radius 3 is 2.48 bits per heavy atom. The summed E-state index contributed by atoms with van der Waals surface area (Å²) >= 11 is 0. The van der Waals surface area contributed by atoms with Crippen LogP contribution < -0.4 is 0 Å². The largest absolute Gasteiger partial charge is 0.243 e. The summed E-state index contributed by atoms with van der Waals surface area (Å²) in [6.45, 7) is 6.48. The number of aryl methyl sites for hydroxylation is 1. The summed E-state index contributed by atoms with van der Waals surface area (Å²) < 4.78 is 28.4. The van der Waals surface area contributed by atoms with Crippen LogP contribution in [-0.4, -0.2) is 19.3 Å². The molecule has 25 heavy (non-hydrogen) atoms. The molecular formula is C21H23NO2S. The van der Waals surface area contributed by atoms with E-state index in [2.05, 4.69) is 6.58 Å². The third-order valence-corrected chi connectivity index (χ3v) is 7.62. The van der Waals surface area contributed by atoms with Crippen molar-refractivity contribution in [3.8, 4) is 0 Å². The minimum absolute atomic E-state index is 0.0148. The zero-order valence-electron chi connectivity index (χ0n) is 14.4. The summed E-state index contributed by atoms with van der Waals surface area (Å²) in [5.41, 5.74) is 2.16. The van der Waals surface area contributed by atoms with Crippen LogP contribution in [0.25, 0.3) is 0 Å². The molecule has 1 saturated heterocycles. The number of fused-ring (bicyclic) bond motifs is 1. The van der Waals surface area contributed by atoms with Crippen molar-refractivity contribution in [2.24, 2.45) is 11.3 Å². The Hall–Kier alpha value is -1.91. The molecule has 1 aliphatic carbocycles. The van der Waals surface area contributed by atoms with Crippen LogP contribution in [0.4, 0.5) is 0 Å². The number of allylic oxidation sites excluding steroid dienone is 1. The molecule has 1 heterocycles. The number of hydrogen-bond donors (Lipinski definition) is 0. The third kappa shape index (κ3) is 2.55. The smallest absolute Gasteiger partial charge is 0.207 e. The van der Waals surface area contributed by atoms with Crippen molar-refractivity contribution in [1.82, 2.24) is 4.31 Å². The van der Waals surface area contributed by atoms with Gasteiger partial charge in [0.1, 0.15) is 0 Å². The van der Waals surface area contributed by atoms with Crippen molar-refractivity contribution in [1.29, 1.82) is 0 Å². The van der Waals surface area contributed by atoms with E-state index >= 15 is 0 Å². The molecule has 2 aromatic carbocycles. The van der Waals surface area contributed by atoms with Gasteiger partial charge in [-0.25, -0.2) is 8.42 Å². The molecule has 0 aromatic heterocycles. The van der Waals surface area contributed by atoms with Crippen molar-refractivity contribution in [3.05, 3.63) is 78.4 Å². The first-order valence-electron chi connectivity index (χ1n) is 8.73. The first-order valence-corrected chi connectivity index (χ1v) is 10.2. The molecular weight excluding hydrogens is 330 g/mol. The van der Waals surface area contributed by atoms with Gasteiger partial charge >= 0.3 is 0 Å². The minimum Gasteiger partial charge on any atom is -0.207 e. The van der Waals surface area contributed by atoms with Crippen LogP contribution in [0.1, 0.15) is 30.0 Å². The molecule has 0 bridgehead atoms. The van der Waals surface area contributed by atoms with Gasteiger partial charge in [0.25, 0.3) is 0 Å². The predicted molar refractivity (Wildman–Crippen MR) is 99.6 cm³/mol. The van der Waals surface area contributed by atoms with Crippen molar-refractivity contribution in [2.45, 2.75) is 30.7 Å². The monoisotopic (exact) mass is 353 g/mol. The molecule has 0 radical (unpaired) electrons. The van der Waals surface area contributed by atoms with E-state index in [9.17, 15) is 8.42 Å². The Morgan fingerprint density at radius 2 is 1.84 bits per heavy atom. The van der Waals surface area contributed by atoms with Gasteiger partial charge in [-0.2, -0.15) is 4.31 Å². The number of hydrogen-bond acceptors (Lipinski definition) is 2. The van der Waals surface area contributed by atoms with Gasteiger partial charge in [-0.3, -0.25) is 0 Å². The second-order valence-electron chi connectivity index (χ2n) is 7.33. The van der Waals surface area contributed by atoms with Gasteiger partial charge in [-0.15, -0.1) is 6.58 Å². The predicted octanol–water partition coefficient (Wildman–Crippen LogP) is 4.32. The fraction of sp³-hybridized carbons (Fsp3) is 0.333. The molecule has 0 unspecified atom stereocenters. The molecule has 2 aliphatic rings. The summed E-state index contributed by atoms with van der Waals surface area (Å²) in [5, 5.41) is 0. The van der Waals surface area contributed by atoms with Crippen LogP contribution in [0.15, 0.2) is 72.1 Å². The van der Waals surface area contributed by atoms with Gasteiger partial charge in [0.15, 0.2) is 0 Å². The molecule has 0 spiro atoms. The SMILES string of the molecule is C=CC[C@]12C[C@H]1CN(S(=O)(=O)c1ccc(C)cc1)[C@@H]2c1ccccc1. The second-order valence-corrected chi connectivity index (χ2v) is 9.22. The van der Waals surface area contributed by atoms with E-state index in [1.165, 1.54) is 0 Å². The summed E-state index contributed by atoms with van der Waals surface area (Å²) in [7, 11) is -3.51. The van der Waals surface area contributed by atoms with Gasteiger partial charge in [-0.05, 0) is 48.8 Å². The first kappa shape index (κ1) is 16.6. The lowest BCUT2D eigenvalue weighted by molar-refractivity contribution is 0.286. The molecule has 1 aliphatic heterocycles. The highest BCUT2D eigenvalue weighted by Gasteiger charge is 2.67. The van der Waals surface area contributed by atoms with Crippen LogP contribution >= 0.6 is 0 Å². The summed E-state index contributed by atoms with van der Waals surface area (Å²) in [5.74, 6) is 0.427. The lowest BCUT2D eigenvalue weighted by atomic mass is 9.88. The van der Waals surface area contributed by atoms with Gasteiger partial charge in [0.2, 0.25) is 10.0 Å². The molecule has 1 saturated carbocycles. The normalized spacial score (nSPS) is 28.5. The molecule has 3 nitrogen and oxygen atoms in total. The van der Waals surface area contributed by atoms with Crippen LogP contribution in [0, 0.1) is 18.3 Å². The van der Waals surface area contributed by atoms with Crippen molar-refractivity contribution in [3.63, 3.8) is 0 Å². The molecule has 0 N–H and O–H groups in total. The maximum absolute atomic E-state index is 13.3. The fourth-order valence-corrected chi connectivity index (χ4v) is 6.17. The molecule has 4 rings (SSSR count). The van der Waals surface area contributed by atoms with E-state index < -0.39 is 10.0 Å². The Labute approximate surface area is 150 Å². The highest BCUT2D eigenvalue weighted by atomic mass is 32.2. The molecule has 2 aromatic rings. The van der Waals surface area contributed by atoms with Crippen molar-refractivity contribution >= 4 is 10.0 Å². The Morgan fingerprint density at radius 1 is 1.16 bits per heavy atom. The number of nitrogens with zero attached hydrogens (tertiary/aromatic N) is 1. The lowest BCUT2D eigenvalue weighted by Gasteiger charge is -2.31.